The highest BCUT2D eigenvalue weighted by Crippen LogP contribution is 2.18. The van der Waals surface area contributed by atoms with Gasteiger partial charge >= 0.3 is 0 Å². The van der Waals surface area contributed by atoms with Crippen LogP contribution in [0.2, 0.25) is 0 Å². The Hall–Kier alpha value is -2.60. The summed E-state index contributed by atoms with van der Waals surface area (Å²) in [4.78, 5) is 27.7. The van der Waals surface area contributed by atoms with E-state index in [9.17, 15) is 9.59 Å². The summed E-state index contributed by atoms with van der Waals surface area (Å²) in [5.41, 5.74) is 3.16. The van der Waals surface area contributed by atoms with Crippen molar-refractivity contribution >= 4 is 17.5 Å². The number of hydrogen-bond acceptors (Lipinski definition) is 2. The number of likely N-dealkylation sites (tertiary alicyclic amines) is 1. The lowest BCUT2D eigenvalue weighted by Gasteiger charge is -2.24. The summed E-state index contributed by atoms with van der Waals surface area (Å²) in [6.45, 7) is 3.48. The van der Waals surface area contributed by atoms with Crippen molar-refractivity contribution in [2.45, 2.75) is 25.8 Å². The monoisotopic (exact) mass is 369 g/mol. The number of anilines is 1. The molecule has 0 spiro atoms. The molecule has 1 fully saturated rings. The number of quaternary nitrogens is 1. The Morgan fingerprint density at radius 3 is 2.67 bits per heavy atom. The zero-order valence-electron chi connectivity index (χ0n) is 16.4. The van der Waals surface area contributed by atoms with Gasteiger partial charge in [0.25, 0.3) is 5.91 Å². The van der Waals surface area contributed by atoms with Crippen LogP contribution in [0.25, 0.3) is 0 Å². The first-order chi connectivity index (χ1) is 12.9. The Kier molecular flexibility index (Phi) is 5.96. The van der Waals surface area contributed by atoms with E-state index in [1.165, 1.54) is 15.5 Å². The SMILES string of the molecule is Cc1ccc(NC(=O)CN(C)C(=O)C[NH+]2CCC[C@@H]2c2cccn2C)cc1. The highest BCUT2D eigenvalue weighted by atomic mass is 16.2. The van der Waals surface area contributed by atoms with Crippen LogP contribution >= 0.6 is 0 Å². The van der Waals surface area contributed by atoms with Gasteiger partial charge in [-0.05, 0) is 31.2 Å². The normalized spacial score (nSPS) is 19.1. The van der Waals surface area contributed by atoms with Crippen molar-refractivity contribution in [1.29, 1.82) is 0 Å². The molecule has 1 saturated heterocycles. The molecule has 0 bridgehead atoms. The first-order valence-electron chi connectivity index (χ1n) is 9.50. The predicted octanol–water partition coefficient (Wildman–Crippen LogP) is 1.15. The number of rotatable bonds is 6. The minimum absolute atomic E-state index is 0.00478. The topological polar surface area (TPSA) is 58.8 Å². The van der Waals surface area contributed by atoms with Gasteiger partial charge in [-0.2, -0.15) is 0 Å². The third kappa shape index (κ3) is 4.77. The van der Waals surface area contributed by atoms with Gasteiger partial charge in [0, 0.05) is 38.8 Å². The Labute approximate surface area is 160 Å². The van der Waals surface area contributed by atoms with Crippen LogP contribution in [0.15, 0.2) is 42.6 Å². The van der Waals surface area contributed by atoms with Crippen LogP contribution in [0.5, 0.6) is 0 Å². The average Bonchev–Trinajstić information content (AvgIpc) is 3.25. The number of aryl methyl sites for hydroxylation is 2. The lowest BCUT2D eigenvalue weighted by atomic mass is 10.1. The number of likely N-dealkylation sites (N-methyl/N-ethyl adjacent to an activating group) is 1. The van der Waals surface area contributed by atoms with Crippen LogP contribution in [0, 0.1) is 6.92 Å². The number of aromatic nitrogens is 1. The number of nitrogens with one attached hydrogen (secondary N) is 2. The van der Waals surface area contributed by atoms with Crippen LogP contribution in [0.4, 0.5) is 5.69 Å². The van der Waals surface area contributed by atoms with Crippen LogP contribution in [-0.2, 0) is 16.6 Å². The van der Waals surface area contributed by atoms with Gasteiger partial charge in [-0.3, -0.25) is 9.59 Å². The van der Waals surface area contributed by atoms with E-state index < -0.39 is 0 Å². The van der Waals surface area contributed by atoms with Crippen molar-refractivity contribution in [2.24, 2.45) is 7.05 Å². The summed E-state index contributed by atoms with van der Waals surface area (Å²) < 4.78 is 2.14. The minimum Gasteiger partial charge on any atom is -0.350 e. The second kappa shape index (κ2) is 8.39. The van der Waals surface area contributed by atoms with Gasteiger partial charge in [0.2, 0.25) is 5.91 Å². The zero-order chi connectivity index (χ0) is 19.4. The molecule has 2 amide bonds. The first-order valence-corrected chi connectivity index (χ1v) is 9.50. The first kappa shape index (κ1) is 19.2. The fourth-order valence-electron chi connectivity index (χ4n) is 3.79. The van der Waals surface area contributed by atoms with E-state index in [1.807, 2.05) is 31.2 Å². The molecule has 1 unspecified atom stereocenters. The number of benzene rings is 1. The minimum atomic E-state index is -0.176. The molecule has 144 valence electrons. The standard InChI is InChI=1S/C21H28N4O2/c1-16-8-10-17(11-9-16)22-20(26)14-24(3)21(27)15-25-13-5-7-19(25)18-6-4-12-23(18)2/h4,6,8-12,19H,5,7,13-15H2,1-3H3,(H,22,26)/p+1/t19-/m1/s1. The number of amides is 2. The molecule has 2 atom stereocenters. The Morgan fingerprint density at radius 2 is 2.00 bits per heavy atom. The van der Waals surface area contributed by atoms with E-state index in [0.29, 0.717) is 12.6 Å². The van der Waals surface area contributed by atoms with Crippen LogP contribution in [0.1, 0.15) is 30.1 Å². The van der Waals surface area contributed by atoms with Crippen LogP contribution in [-0.4, -0.2) is 48.0 Å². The molecule has 0 radical (unpaired) electrons. The van der Waals surface area contributed by atoms with Gasteiger partial charge in [0.1, 0.15) is 6.04 Å². The molecule has 2 heterocycles. The van der Waals surface area contributed by atoms with Crippen molar-refractivity contribution < 1.29 is 14.5 Å². The van der Waals surface area contributed by atoms with Gasteiger partial charge in [-0.25, -0.2) is 0 Å². The molecule has 3 rings (SSSR count). The summed E-state index contributed by atoms with van der Waals surface area (Å²) in [7, 11) is 3.75. The van der Waals surface area contributed by atoms with Gasteiger partial charge < -0.3 is 19.7 Å². The van der Waals surface area contributed by atoms with Crippen molar-refractivity contribution in [1.82, 2.24) is 9.47 Å². The lowest BCUT2D eigenvalue weighted by molar-refractivity contribution is -0.911. The van der Waals surface area contributed by atoms with Crippen LogP contribution in [0.3, 0.4) is 0 Å². The van der Waals surface area contributed by atoms with E-state index in [-0.39, 0.29) is 18.4 Å². The molecule has 1 aliphatic rings. The maximum atomic E-state index is 12.6. The molecule has 0 saturated carbocycles. The highest BCUT2D eigenvalue weighted by Gasteiger charge is 2.33. The van der Waals surface area contributed by atoms with Crippen molar-refractivity contribution in [3.63, 3.8) is 0 Å². The van der Waals surface area contributed by atoms with Gasteiger partial charge in [-0.1, -0.05) is 17.7 Å². The number of carbonyl (C=O) groups excluding carboxylic acids is 2. The summed E-state index contributed by atoms with van der Waals surface area (Å²) in [5, 5.41) is 2.84. The molecule has 1 aromatic carbocycles. The van der Waals surface area contributed by atoms with Crippen molar-refractivity contribution in [3.8, 4) is 0 Å². The molecule has 2 aromatic rings. The average molecular weight is 369 g/mol. The summed E-state index contributed by atoms with van der Waals surface area (Å²) >= 11 is 0. The fraction of sp³-hybridized carbons (Fsp3) is 0.429. The number of carbonyl (C=O) groups is 2. The fourth-order valence-corrected chi connectivity index (χ4v) is 3.79. The van der Waals surface area contributed by atoms with Crippen molar-refractivity contribution in [2.75, 3.05) is 32.0 Å². The van der Waals surface area contributed by atoms with Gasteiger partial charge in [-0.15, -0.1) is 0 Å². The molecule has 6 heteroatoms. The third-order valence-electron chi connectivity index (χ3n) is 5.34. The van der Waals surface area contributed by atoms with E-state index in [0.717, 1.165) is 30.6 Å². The van der Waals surface area contributed by atoms with Crippen molar-refractivity contribution in [3.05, 3.63) is 53.9 Å². The molecule has 27 heavy (non-hydrogen) atoms. The summed E-state index contributed by atoms with van der Waals surface area (Å²) in [6.07, 6.45) is 4.27. The molecule has 6 nitrogen and oxygen atoms in total. The second-order valence-electron chi connectivity index (χ2n) is 7.49. The number of hydrogen-bond donors (Lipinski definition) is 2. The van der Waals surface area contributed by atoms with E-state index in [1.54, 1.807) is 7.05 Å². The van der Waals surface area contributed by atoms with E-state index in [4.69, 9.17) is 0 Å². The largest absolute Gasteiger partial charge is 0.350 e. The molecular weight excluding hydrogens is 340 g/mol. The third-order valence-corrected chi connectivity index (χ3v) is 5.34. The maximum absolute atomic E-state index is 12.6. The summed E-state index contributed by atoms with van der Waals surface area (Å²) in [6, 6.07) is 12.2. The molecule has 0 aliphatic carbocycles. The Bertz CT molecular complexity index is 797. The Morgan fingerprint density at radius 1 is 1.26 bits per heavy atom. The lowest BCUT2D eigenvalue weighted by Crippen LogP contribution is -3.11. The predicted molar refractivity (Wildman–Crippen MR) is 106 cm³/mol. The molecule has 1 aromatic heterocycles. The zero-order valence-corrected chi connectivity index (χ0v) is 16.4. The van der Waals surface area contributed by atoms with Gasteiger partial charge in [0.15, 0.2) is 6.54 Å². The molecule has 2 N–H and O–H groups in total. The van der Waals surface area contributed by atoms with E-state index >= 15 is 0 Å². The maximum Gasteiger partial charge on any atom is 0.277 e. The smallest absolute Gasteiger partial charge is 0.277 e. The quantitative estimate of drug-likeness (QED) is 0.803. The molecule has 1 aliphatic heterocycles. The van der Waals surface area contributed by atoms with E-state index in [2.05, 4.69) is 35.3 Å². The Balaban J connectivity index is 1.53. The second-order valence-corrected chi connectivity index (χ2v) is 7.49. The van der Waals surface area contributed by atoms with Gasteiger partial charge in [0.05, 0.1) is 18.8 Å². The van der Waals surface area contributed by atoms with Crippen LogP contribution < -0.4 is 10.2 Å². The summed E-state index contributed by atoms with van der Waals surface area (Å²) in [5.74, 6) is -0.171. The molecular formula is C21H29N4O2+. The number of nitrogens with zero attached hydrogens (tertiary/aromatic N) is 2. The highest BCUT2D eigenvalue weighted by molar-refractivity contribution is 5.94.